The SMILES string of the molecule is CCCn1nccc1C(CC1CCSCC1)NN. The van der Waals surface area contributed by atoms with Gasteiger partial charge in [-0.3, -0.25) is 16.0 Å². The highest BCUT2D eigenvalue weighted by Gasteiger charge is 2.21. The molecule has 0 spiro atoms. The van der Waals surface area contributed by atoms with Gasteiger partial charge in [-0.1, -0.05) is 6.92 Å². The van der Waals surface area contributed by atoms with E-state index in [-0.39, 0.29) is 6.04 Å². The summed E-state index contributed by atoms with van der Waals surface area (Å²) in [6.07, 6.45) is 6.76. The molecule has 2 heterocycles. The van der Waals surface area contributed by atoms with E-state index in [1.807, 2.05) is 6.20 Å². The summed E-state index contributed by atoms with van der Waals surface area (Å²) in [6.45, 7) is 3.15. The number of aryl methyl sites for hydroxylation is 1. The number of rotatable bonds is 6. The maximum atomic E-state index is 5.75. The number of nitrogens with one attached hydrogen (secondary N) is 1. The van der Waals surface area contributed by atoms with E-state index in [4.69, 9.17) is 5.84 Å². The van der Waals surface area contributed by atoms with Crippen LogP contribution in [0.5, 0.6) is 0 Å². The molecule has 1 atom stereocenters. The van der Waals surface area contributed by atoms with Crippen LogP contribution < -0.4 is 11.3 Å². The Bertz CT molecular complexity index is 347. The smallest absolute Gasteiger partial charge is 0.0631 e. The Balaban J connectivity index is 2.00. The summed E-state index contributed by atoms with van der Waals surface area (Å²) in [4.78, 5) is 0. The predicted octanol–water partition coefficient (Wildman–Crippen LogP) is 2.33. The first-order valence-electron chi connectivity index (χ1n) is 6.90. The first kappa shape index (κ1) is 13.9. The number of thioether (sulfide) groups is 1. The average Bonchev–Trinajstić information content (AvgIpc) is 2.86. The van der Waals surface area contributed by atoms with Crippen molar-refractivity contribution in [2.45, 2.75) is 45.2 Å². The third-order valence-electron chi connectivity index (χ3n) is 3.65. The molecule has 1 saturated heterocycles. The molecule has 0 bridgehead atoms. The Hall–Kier alpha value is -0.520. The van der Waals surface area contributed by atoms with Gasteiger partial charge in [0.25, 0.3) is 0 Å². The van der Waals surface area contributed by atoms with Gasteiger partial charge in [0.2, 0.25) is 0 Å². The molecule has 0 radical (unpaired) electrons. The van der Waals surface area contributed by atoms with Crippen LogP contribution in [-0.2, 0) is 6.54 Å². The normalized spacial score (nSPS) is 19.0. The molecule has 5 heteroatoms. The second-order valence-corrected chi connectivity index (χ2v) is 6.21. The lowest BCUT2D eigenvalue weighted by Crippen LogP contribution is -2.32. The van der Waals surface area contributed by atoms with Crippen LogP contribution >= 0.6 is 11.8 Å². The fourth-order valence-corrected chi connectivity index (χ4v) is 3.83. The third-order valence-corrected chi connectivity index (χ3v) is 4.70. The van der Waals surface area contributed by atoms with Crippen molar-refractivity contribution in [3.05, 3.63) is 18.0 Å². The van der Waals surface area contributed by atoms with Gasteiger partial charge in [-0.2, -0.15) is 16.9 Å². The van der Waals surface area contributed by atoms with Crippen LogP contribution in [0.1, 0.15) is 44.3 Å². The molecule has 1 fully saturated rings. The fraction of sp³-hybridized carbons (Fsp3) is 0.769. The molecular weight excluding hydrogens is 244 g/mol. The number of hydrogen-bond acceptors (Lipinski definition) is 4. The van der Waals surface area contributed by atoms with Gasteiger partial charge in [-0.25, -0.2) is 0 Å². The number of nitrogens with zero attached hydrogens (tertiary/aromatic N) is 2. The van der Waals surface area contributed by atoms with Crippen LogP contribution in [0.4, 0.5) is 0 Å². The van der Waals surface area contributed by atoms with E-state index in [9.17, 15) is 0 Å². The maximum Gasteiger partial charge on any atom is 0.0631 e. The van der Waals surface area contributed by atoms with Gasteiger partial charge < -0.3 is 0 Å². The van der Waals surface area contributed by atoms with E-state index < -0.39 is 0 Å². The van der Waals surface area contributed by atoms with Crippen molar-refractivity contribution in [3.63, 3.8) is 0 Å². The maximum absolute atomic E-state index is 5.75. The van der Waals surface area contributed by atoms with Crippen molar-refractivity contribution in [2.75, 3.05) is 11.5 Å². The molecule has 0 aromatic carbocycles. The number of nitrogens with two attached hydrogens (primary N) is 1. The molecule has 3 N–H and O–H groups in total. The van der Waals surface area contributed by atoms with Crippen molar-refractivity contribution < 1.29 is 0 Å². The van der Waals surface area contributed by atoms with Crippen molar-refractivity contribution >= 4 is 11.8 Å². The Labute approximate surface area is 114 Å². The van der Waals surface area contributed by atoms with Gasteiger partial charge in [0, 0.05) is 12.7 Å². The lowest BCUT2D eigenvalue weighted by Gasteiger charge is -2.26. The zero-order valence-corrected chi connectivity index (χ0v) is 12.0. The van der Waals surface area contributed by atoms with Crippen molar-refractivity contribution in [2.24, 2.45) is 11.8 Å². The third kappa shape index (κ3) is 3.49. The van der Waals surface area contributed by atoms with Crippen LogP contribution in [0.2, 0.25) is 0 Å². The highest BCUT2D eigenvalue weighted by Crippen LogP contribution is 2.30. The van der Waals surface area contributed by atoms with Crippen molar-refractivity contribution in [1.82, 2.24) is 15.2 Å². The lowest BCUT2D eigenvalue weighted by atomic mass is 9.93. The first-order chi connectivity index (χ1) is 8.85. The molecule has 1 aliphatic rings. The average molecular weight is 268 g/mol. The second kappa shape index (κ2) is 7.16. The molecule has 4 nitrogen and oxygen atoms in total. The molecule has 0 amide bonds. The first-order valence-corrected chi connectivity index (χ1v) is 8.06. The van der Waals surface area contributed by atoms with E-state index >= 15 is 0 Å². The Morgan fingerprint density at radius 2 is 2.33 bits per heavy atom. The van der Waals surface area contributed by atoms with Crippen molar-refractivity contribution in [1.29, 1.82) is 0 Å². The van der Waals surface area contributed by atoms with Crippen LogP contribution in [0, 0.1) is 5.92 Å². The summed E-state index contributed by atoms with van der Waals surface area (Å²) in [5, 5.41) is 4.38. The zero-order chi connectivity index (χ0) is 12.8. The lowest BCUT2D eigenvalue weighted by molar-refractivity contribution is 0.356. The molecule has 1 aliphatic heterocycles. The molecule has 2 rings (SSSR count). The summed E-state index contributed by atoms with van der Waals surface area (Å²) in [5.41, 5.74) is 4.22. The van der Waals surface area contributed by atoms with Gasteiger partial charge in [-0.05, 0) is 49.2 Å². The molecule has 18 heavy (non-hydrogen) atoms. The molecule has 1 aromatic heterocycles. The summed E-state index contributed by atoms with van der Waals surface area (Å²) in [5.74, 6) is 9.16. The quantitative estimate of drug-likeness (QED) is 0.614. The minimum absolute atomic E-state index is 0.243. The minimum atomic E-state index is 0.243. The van der Waals surface area contributed by atoms with E-state index in [1.165, 1.54) is 30.0 Å². The van der Waals surface area contributed by atoms with E-state index in [2.05, 4.69) is 40.0 Å². The van der Waals surface area contributed by atoms with Crippen LogP contribution in [0.25, 0.3) is 0 Å². The van der Waals surface area contributed by atoms with Gasteiger partial charge in [0.15, 0.2) is 0 Å². The summed E-state index contributed by atoms with van der Waals surface area (Å²) in [6, 6.07) is 2.34. The van der Waals surface area contributed by atoms with E-state index in [0.717, 1.165) is 25.3 Å². The number of hydrazine groups is 1. The summed E-state index contributed by atoms with van der Waals surface area (Å²) < 4.78 is 2.09. The van der Waals surface area contributed by atoms with Gasteiger partial charge in [-0.15, -0.1) is 0 Å². The monoisotopic (exact) mass is 268 g/mol. The van der Waals surface area contributed by atoms with Crippen LogP contribution in [0.3, 0.4) is 0 Å². The van der Waals surface area contributed by atoms with Crippen LogP contribution in [0.15, 0.2) is 12.3 Å². The summed E-state index contributed by atoms with van der Waals surface area (Å²) in [7, 11) is 0. The highest BCUT2D eigenvalue weighted by molar-refractivity contribution is 7.99. The van der Waals surface area contributed by atoms with Crippen molar-refractivity contribution in [3.8, 4) is 0 Å². The van der Waals surface area contributed by atoms with Crippen LogP contribution in [-0.4, -0.2) is 21.3 Å². The zero-order valence-electron chi connectivity index (χ0n) is 11.1. The number of hydrogen-bond donors (Lipinski definition) is 2. The van der Waals surface area contributed by atoms with E-state index in [1.54, 1.807) is 0 Å². The molecule has 102 valence electrons. The highest BCUT2D eigenvalue weighted by atomic mass is 32.2. The minimum Gasteiger partial charge on any atom is -0.271 e. The molecule has 0 saturated carbocycles. The summed E-state index contributed by atoms with van der Waals surface area (Å²) >= 11 is 2.07. The Morgan fingerprint density at radius 1 is 1.56 bits per heavy atom. The standard InChI is InChI=1S/C13H24N4S/c1-2-7-17-13(3-6-15-17)12(16-14)10-11-4-8-18-9-5-11/h3,6,11-12,16H,2,4-5,7-10,14H2,1H3. The van der Waals surface area contributed by atoms with Gasteiger partial charge >= 0.3 is 0 Å². The van der Waals surface area contributed by atoms with Gasteiger partial charge in [0.1, 0.15) is 0 Å². The number of aromatic nitrogens is 2. The Kier molecular flexibility index (Phi) is 5.53. The largest absolute Gasteiger partial charge is 0.271 e. The topological polar surface area (TPSA) is 55.9 Å². The molecule has 1 aromatic rings. The predicted molar refractivity (Wildman–Crippen MR) is 77.2 cm³/mol. The molecule has 0 aliphatic carbocycles. The second-order valence-electron chi connectivity index (χ2n) is 4.99. The van der Waals surface area contributed by atoms with Gasteiger partial charge in [0.05, 0.1) is 11.7 Å². The molecular formula is C13H24N4S. The molecule has 1 unspecified atom stereocenters. The fourth-order valence-electron chi connectivity index (χ4n) is 2.63. The van der Waals surface area contributed by atoms with E-state index in [0.29, 0.717) is 0 Å². The Morgan fingerprint density at radius 3 is 3.00 bits per heavy atom.